The molecular weight excluding hydrogens is 290 g/mol. The average molecular weight is 309 g/mol. The largest absolute Gasteiger partial charge is 0.356 e. The SMILES string of the molecule is CN=C(NCCc1csc(C)n1)NCc1ncc(C)s1. The molecule has 20 heavy (non-hydrogen) atoms. The van der Waals surface area contributed by atoms with Gasteiger partial charge in [0.25, 0.3) is 0 Å². The zero-order valence-electron chi connectivity index (χ0n) is 11.9. The van der Waals surface area contributed by atoms with Crippen LogP contribution in [0.15, 0.2) is 16.6 Å². The molecule has 7 heteroatoms. The molecule has 0 amide bonds. The molecule has 0 aromatic carbocycles. The number of guanidine groups is 1. The van der Waals surface area contributed by atoms with Crippen LogP contribution >= 0.6 is 22.7 Å². The van der Waals surface area contributed by atoms with Crippen molar-refractivity contribution < 1.29 is 0 Å². The van der Waals surface area contributed by atoms with E-state index in [2.05, 4.69) is 37.9 Å². The summed E-state index contributed by atoms with van der Waals surface area (Å²) in [6.45, 7) is 5.61. The highest BCUT2D eigenvalue weighted by Gasteiger charge is 2.02. The highest BCUT2D eigenvalue weighted by molar-refractivity contribution is 7.11. The number of nitrogens with one attached hydrogen (secondary N) is 2. The molecule has 0 atom stereocenters. The molecule has 0 saturated carbocycles. The van der Waals surface area contributed by atoms with E-state index in [1.165, 1.54) is 4.88 Å². The van der Waals surface area contributed by atoms with E-state index >= 15 is 0 Å². The third-order valence-corrected chi connectivity index (χ3v) is 4.38. The fraction of sp³-hybridized carbons (Fsp3) is 0.462. The summed E-state index contributed by atoms with van der Waals surface area (Å²) < 4.78 is 0. The summed E-state index contributed by atoms with van der Waals surface area (Å²) in [6.07, 6.45) is 2.80. The second-order valence-electron chi connectivity index (χ2n) is 4.33. The first-order chi connectivity index (χ1) is 9.67. The number of aryl methyl sites for hydroxylation is 2. The van der Waals surface area contributed by atoms with Crippen molar-refractivity contribution in [3.63, 3.8) is 0 Å². The maximum absolute atomic E-state index is 4.44. The molecular formula is C13H19N5S2. The van der Waals surface area contributed by atoms with Crippen molar-refractivity contribution in [3.8, 4) is 0 Å². The molecule has 2 aromatic rings. The van der Waals surface area contributed by atoms with Gasteiger partial charge in [0.1, 0.15) is 5.01 Å². The standard InChI is InChI=1S/C13H19N5S2/c1-9-6-16-12(20-9)7-17-13(14-3)15-5-4-11-8-19-10(2)18-11/h6,8H,4-5,7H2,1-3H3,(H2,14,15,17). The van der Waals surface area contributed by atoms with Crippen LogP contribution in [0.2, 0.25) is 0 Å². The Labute approximate surface area is 127 Å². The minimum Gasteiger partial charge on any atom is -0.356 e. The van der Waals surface area contributed by atoms with Crippen LogP contribution in [0.4, 0.5) is 0 Å². The highest BCUT2D eigenvalue weighted by Crippen LogP contribution is 2.10. The van der Waals surface area contributed by atoms with Crippen LogP contribution in [0.5, 0.6) is 0 Å². The van der Waals surface area contributed by atoms with Crippen molar-refractivity contribution in [2.75, 3.05) is 13.6 Å². The van der Waals surface area contributed by atoms with E-state index in [4.69, 9.17) is 0 Å². The van der Waals surface area contributed by atoms with E-state index in [0.717, 1.165) is 34.6 Å². The second-order valence-corrected chi connectivity index (χ2v) is 6.71. The van der Waals surface area contributed by atoms with Crippen molar-refractivity contribution in [1.82, 2.24) is 20.6 Å². The average Bonchev–Trinajstić information content (AvgIpc) is 3.02. The van der Waals surface area contributed by atoms with E-state index < -0.39 is 0 Å². The smallest absolute Gasteiger partial charge is 0.191 e. The lowest BCUT2D eigenvalue weighted by molar-refractivity contribution is 0.783. The minimum absolute atomic E-state index is 0.702. The molecule has 0 spiro atoms. The van der Waals surface area contributed by atoms with Crippen LogP contribution in [-0.4, -0.2) is 29.5 Å². The van der Waals surface area contributed by atoms with E-state index in [9.17, 15) is 0 Å². The van der Waals surface area contributed by atoms with Crippen molar-refractivity contribution in [2.24, 2.45) is 4.99 Å². The van der Waals surface area contributed by atoms with Crippen molar-refractivity contribution in [2.45, 2.75) is 26.8 Å². The summed E-state index contributed by atoms with van der Waals surface area (Å²) >= 11 is 3.39. The van der Waals surface area contributed by atoms with Gasteiger partial charge < -0.3 is 10.6 Å². The Hall–Kier alpha value is -1.47. The molecule has 5 nitrogen and oxygen atoms in total. The van der Waals surface area contributed by atoms with Crippen LogP contribution in [0.1, 0.15) is 20.6 Å². The predicted molar refractivity (Wildman–Crippen MR) is 85.6 cm³/mol. The van der Waals surface area contributed by atoms with E-state index in [1.807, 2.05) is 13.1 Å². The number of hydrogen-bond acceptors (Lipinski definition) is 5. The van der Waals surface area contributed by atoms with Gasteiger partial charge in [-0.2, -0.15) is 0 Å². The van der Waals surface area contributed by atoms with Gasteiger partial charge in [0.15, 0.2) is 5.96 Å². The van der Waals surface area contributed by atoms with Crippen LogP contribution < -0.4 is 10.6 Å². The number of thiazole rings is 2. The van der Waals surface area contributed by atoms with Crippen LogP contribution in [0.3, 0.4) is 0 Å². The number of aromatic nitrogens is 2. The molecule has 2 aromatic heterocycles. The first-order valence-electron chi connectivity index (χ1n) is 6.44. The quantitative estimate of drug-likeness (QED) is 0.656. The fourth-order valence-electron chi connectivity index (χ4n) is 1.70. The molecule has 0 aliphatic carbocycles. The van der Waals surface area contributed by atoms with Gasteiger partial charge in [-0.15, -0.1) is 22.7 Å². The summed E-state index contributed by atoms with van der Waals surface area (Å²) in [4.78, 5) is 14.2. The minimum atomic E-state index is 0.702. The number of rotatable bonds is 5. The lowest BCUT2D eigenvalue weighted by Gasteiger charge is -2.10. The summed E-state index contributed by atoms with van der Waals surface area (Å²) in [7, 11) is 1.77. The molecule has 0 radical (unpaired) electrons. The van der Waals surface area contributed by atoms with Gasteiger partial charge in [-0.25, -0.2) is 9.97 Å². The molecule has 0 aliphatic rings. The van der Waals surface area contributed by atoms with Crippen molar-refractivity contribution >= 4 is 28.6 Å². The first kappa shape index (κ1) is 14.9. The summed E-state index contributed by atoms with van der Waals surface area (Å²) in [5.41, 5.74) is 1.13. The Morgan fingerprint density at radius 2 is 2.20 bits per heavy atom. The maximum Gasteiger partial charge on any atom is 0.191 e. The molecule has 0 bridgehead atoms. The highest BCUT2D eigenvalue weighted by atomic mass is 32.1. The Morgan fingerprint density at radius 3 is 2.80 bits per heavy atom. The van der Waals surface area contributed by atoms with Gasteiger partial charge in [0.05, 0.1) is 17.2 Å². The Morgan fingerprint density at radius 1 is 1.35 bits per heavy atom. The lowest BCUT2D eigenvalue weighted by atomic mass is 10.3. The van der Waals surface area contributed by atoms with Crippen LogP contribution in [0.25, 0.3) is 0 Å². The van der Waals surface area contributed by atoms with Gasteiger partial charge in [-0.05, 0) is 13.8 Å². The van der Waals surface area contributed by atoms with Crippen LogP contribution in [0, 0.1) is 13.8 Å². The molecule has 2 N–H and O–H groups in total. The van der Waals surface area contributed by atoms with Crippen LogP contribution in [-0.2, 0) is 13.0 Å². The molecule has 2 heterocycles. The molecule has 0 saturated heterocycles. The summed E-state index contributed by atoms with van der Waals surface area (Å²) in [5, 5.41) is 10.8. The number of hydrogen-bond donors (Lipinski definition) is 2. The van der Waals surface area contributed by atoms with Gasteiger partial charge >= 0.3 is 0 Å². The topological polar surface area (TPSA) is 62.2 Å². The second kappa shape index (κ2) is 7.35. The third kappa shape index (κ3) is 4.57. The zero-order chi connectivity index (χ0) is 14.4. The lowest BCUT2D eigenvalue weighted by Crippen LogP contribution is -2.37. The molecule has 0 aliphatic heterocycles. The monoisotopic (exact) mass is 309 g/mol. The maximum atomic E-state index is 4.44. The van der Waals surface area contributed by atoms with Crippen molar-refractivity contribution in [1.29, 1.82) is 0 Å². The van der Waals surface area contributed by atoms with Crippen molar-refractivity contribution in [3.05, 3.63) is 32.2 Å². The normalized spacial score (nSPS) is 11.7. The number of nitrogens with zero attached hydrogens (tertiary/aromatic N) is 3. The Kier molecular flexibility index (Phi) is 5.49. The van der Waals surface area contributed by atoms with Gasteiger partial charge in [0, 0.05) is 36.5 Å². The van der Waals surface area contributed by atoms with E-state index in [0.29, 0.717) is 6.54 Å². The first-order valence-corrected chi connectivity index (χ1v) is 8.14. The van der Waals surface area contributed by atoms with Gasteiger partial charge in [0.2, 0.25) is 0 Å². The van der Waals surface area contributed by atoms with Gasteiger partial charge in [-0.1, -0.05) is 0 Å². The summed E-state index contributed by atoms with van der Waals surface area (Å²) in [5.74, 6) is 0.796. The molecule has 0 unspecified atom stereocenters. The Bertz CT molecular complexity index is 573. The fourth-order valence-corrected chi connectivity index (χ4v) is 3.07. The predicted octanol–water partition coefficient (Wildman–Crippen LogP) is 2.12. The zero-order valence-corrected chi connectivity index (χ0v) is 13.6. The molecule has 2 rings (SSSR count). The summed E-state index contributed by atoms with van der Waals surface area (Å²) in [6, 6.07) is 0. The Balaban J connectivity index is 1.72. The third-order valence-electron chi connectivity index (χ3n) is 2.64. The molecule has 0 fully saturated rings. The van der Waals surface area contributed by atoms with Gasteiger partial charge in [-0.3, -0.25) is 4.99 Å². The van der Waals surface area contributed by atoms with E-state index in [-0.39, 0.29) is 0 Å². The molecule has 108 valence electrons. The number of aliphatic imine (C=N–C) groups is 1. The van der Waals surface area contributed by atoms with E-state index in [1.54, 1.807) is 29.7 Å².